The van der Waals surface area contributed by atoms with Crippen LogP contribution < -0.4 is 0 Å². The Hall–Kier alpha value is -0.340. The van der Waals surface area contributed by atoms with Gasteiger partial charge in [-0.25, -0.2) is 0 Å². The molecule has 0 aromatic heterocycles. The van der Waals surface area contributed by atoms with Gasteiger partial charge in [0.15, 0.2) is 6.29 Å². The van der Waals surface area contributed by atoms with Gasteiger partial charge in [-0.05, 0) is 34.1 Å². The molecule has 0 radical (unpaired) electrons. The van der Waals surface area contributed by atoms with E-state index >= 15 is 0 Å². The molecule has 0 bridgehead atoms. The van der Waals surface area contributed by atoms with Crippen molar-refractivity contribution in [3.63, 3.8) is 0 Å². The molecule has 0 spiro atoms. The highest BCUT2D eigenvalue weighted by Crippen LogP contribution is 2.06. The van der Waals surface area contributed by atoms with E-state index in [1.807, 2.05) is 13.8 Å². The van der Waals surface area contributed by atoms with Gasteiger partial charge >= 0.3 is 0 Å². The Labute approximate surface area is 81.9 Å². The van der Waals surface area contributed by atoms with E-state index in [4.69, 9.17) is 9.47 Å². The third-order valence-electron chi connectivity index (χ3n) is 1.66. The van der Waals surface area contributed by atoms with Crippen LogP contribution in [0.1, 0.15) is 40.5 Å². The van der Waals surface area contributed by atoms with Crippen molar-refractivity contribution in [2.24, 2.45) is 0 Å². The summed E-state index contributed by atoms with van der Waals surface area (Å²) < 4.78 is 10.8. The first-order valence-electron chi connectivity index (χ1n) is 5.07. The third-order valence-corrected chi connectivity index (χ3v) is 1.66. The van der Waals surface area contributed by atoms with Crippen LogP contribution in [0.25, 0.3) is 0 Å². The van der Waals surface area contributed by atoms with E-state index in [-0.39, 0.29) is 6.29 Å². The van der Waals surface area contributed by atoms with E-state index in [9.17, 15) is 0 Å². The molecule has 0 saturated carbocycles. The van der Waals surface area contributed by atoms with Crippen LogP contribution in [0, 0.1) is 0 Å². The van der Waals surface area contributed by atoms with Gasteiger partial charge in [-0.3, -0.25) is 0 Å². The maximum atomic E-state index is 5.41. The lowest BCUT2D eigenvalue weighted by molar-refractivity contribution is -0.138. The molecule has 0 atom stereocenters. The number of hydrogen-bond acceptors (Lipinski definition) is 2. The summed E-state index contributed by atoms with van der Waals surface area (Å²) in [6, 6.07) is 0. The number of rotatable bonds is 7. The van der Waals surface area contributed by atoms with Gasteiger partial charge in [0.25, 0.3) is 0 Å². The van der Waals surface area contributed by atoms with Gasteiger partial charge < -0.3 is 9.47 Å². The Morgan fingerprint density at radius 2 is 1.69 bits per heavy atom. The minimum absolute atomic E-state index is 0.0226. The van der Waals surface area contributed by atoms with Crippen molar-refractivity contribution in [3.05, 3.63) is 11.6 Å². The van der Waals surface area contributed by atoms with Crippen molar-refractivity contribution in [1.29, 1.82) is 0 Å². The zero-order valence-corrected chi connectivity index (χ0v) is 9.30. The highest BCUT2D eigenvalue weighted by atomic mass is 16.7. The third kappa shape index (κ3) is 8.00. The summed E-state index contributed by atoms with van der Waals surface area (Å²) in [5, 5.41) is 0. The molecule has 78 valence electrons. The number of ether oxygens (including phenoxy) is 2. The molecule has 0 aliphatic heterocycles. The lowest BCUT2D eigenvalue weighted by atomic mass is 10.2. The Morgan fingerprint density at radius 1 is 1.15 bits per heavy atom. The molecule has 0 aromatic rings. The van der Waals surface area contributed by atoms with Gasteiger partial charge in [0.2, 0.25) is 0 Å². The maximum Gasteiger partial charge on any atom is 0.157 e. The average Bonchev–Trinajstić information content (AvgIpc) is 2.04. The van der Waals surface area contributed by atoms with E-state index in [1.165, 1.54) is 5.57 Å². The van der Waals surface area contributed by atoms with Crippen LogP contribution >= 0.6 is 0 Å². The minimum atomic E-state index is -0.0226. The molecule has 13 heavy (non-hydrogen) atoms. The lowest BCUT2D eigenvalue weighted by Gasteiger charge is -2.15. The Balaban J connectivity index is 3.61. The first kappa shape index (κ1) is 12.7. The van der Waals surface area contributed by atoms with E-state index in [0.29, 0.717) is 0 Å². The molecule has 0 unspecified atom stereocenters. The summed E-state index contributed by atoms with van der Waals surface area (Å²) in [6.45, 7) is 9.64. The quantitative estimate of drug-likeness (QED) is 0.449. The molecular weight excluding hydrogens is 164 g/mol. The zero-order valence-electron chi connectivity index (χ0n) is 9.30. The molecule has 0 aromatic carbocycles. The van der Waals surface area contributed by atoms with Gasteiger partial charge in [0, 0.05) is 19.6 Å². The standard InChI is InChI=1S/C11H22O2/c1-5-12-11(13-6-2)9-7-8-10(3)4/h8,11H,5-7,9H2,1-4H3. The van der Waals surface area contributed by atoms with Gasteiger partial charge in [-0.15, -0.1) is 0 Å². The van der Waals surface area contributed by atoms with E-state index in [1.54, 1.807) is 0 Å². The summed E-state index contributed by atoms with van der Waals surface area (Å²) in [6.07, 6.45) is 4.18. The molecule has 0 saturated heterocycles. The second-order valence-electron chi connectivity index (χ2n) is 3.20. The van der Waals surface area contributed by atoms with Crippen molar-refractivity contribution in [2.45, 2.75) is 46.8 Å². The van der Waals surface area contributed by atoms with Crippen LogP contribution in [0.3, 0.4) is 0 Å². The Morgan fingerprint density at radius 3 is 2.08 bits per heavy atom. The van der Waals surface area contributed by atoms with Crippen molar-refractivity contribution in [3.8, 4) is 0 Å². The largest absolute Gasteiger partial charge is 0.353 e. The number of allylic oxidation sites excluding steroid dienone is 2. The van der Waals surface area contributed by atoms with Crippen LogP contribution in [-0.4, -0.2) is 19.5 Å². The predicted octanol–water partition coefficient (Wildman–Crippen LogP) is 3.13. The fourth-order valence-corrected chi connectivity index (χ4v) is 1.09. The maximum absolute atomic E-state index is 5.41. The summed E-state index contributed by atoms with van der Waals surface area (Å²) >= 11 is 0. The summed E-state index contributed by atoms with van der Waals surface area (Å²) in [5.74, 6) is 0. The predicted molar refractivity (Wildman–Crippen MR) is 55.7 cm³/mol. The van der Waals surface area contributed by atoms with Crippen molar-refractivity contribution in [2.75, 3.05) is 13.2 Å². The van der Waals surface area contributed by atoms with Crippen LogP contribution in [0.15, 0.2) is 11.6 Å². The van der Waals surface area contributed by atoms with Gasteiger partial charge in [-0.2, -0.15) is 0 Å². The number of hydrogen-bond donors (Lipinski definition) is 0. The van der Waals surface area contributed by atoms with Gasteiger partial charge in [-0.1, -0.05) is 11.6 Å². The molecule has 0 aliphatic carbocycles. The summed E-state index contributed by atoms with van der Waals surface area (Å²) in [7, 11) is 0. The first-order valence-corrected chi connectivity index (χ1v) is 5.07. The van der Waals surface area contributed by atoms with Crippen LogP contribution in [0.4, 0.5) is 0 Å². The zero-order chi connectivity index (χ0) is 10.1. The first-order chi connectivity index (χ1) is 6.20. The molecule has 0 heterocycles. The van der Waals surface area contributed by atoms with Crippen LogP contribution in [0.2, 0.25) is 0 Å². The second kappa shape index (κ2) is 8.27. The SMILES string of the molecule is CCOC(CCC=C(C)C)OCC. The van der Waals surface area contributed by atoms with Crippen molar-refractivity contribution in [1.82, 2.24) is 0 Å². The molecule has 0 aliphatic rings. The van der Waals surface area contributed by atoms with E-state index in [2.05, 4.69) is 19.9 Å². The molecular formula is C11H22O2. The van der Waals surface area contributed by atoms with Crippen LogP contribution in [0.5, 0.6) is 0 Å². The minimum Gasteiger partial charge on any atom is -0.353 e. The highest BCUT2D eigenvalue weighted by molar-refractivity contribution is 4.92. The van der Waals surface area contributed by atoms with Crippen LogP contribution in [-0.2, 0) is 9.47 Å². The topological polar surface area (TPSA) is 18.5 Å². The second-order valence-corrected chi connectivity index (χ2v) is 3.20. The van der Waals surface area contributed by atoms with Gasteiger partial charge in [0.1, 0.15) is 0 Å². The Bertz CT molecular complexity index is 131. The fourth-order valence-electron chi connectivity index (χ4n) is 1.09. The molecule has 0 rings (SSSR count). The van der Waals surface area contributed by atoms with E-state index < -0.39 is 0 Å². The summed E-state index contributed by atoms with van der Waals surface area (Å²) in [4.78, 5) is 0. The van der Waals surface area contributed by atoms with E-state index in [0.717, 1.165) is 26.1 Å². The van der Waals surface area contributed by atoms with Gasteiger partial charge in [0.05, 0.1) is 0 Å². The normalized spacial score (nSPS) is 10.5. The molecule has 2 heteroatoms. The Kier molecular flexibility index (Phi) is 8.05. The van der Waals surface area contributed by atoms with Crippen molar-refractivity contribution >= 4 is 0 Å². The smallest absolute Gasteiger partial charge is 0.157 e. The lowest BCUT2D eigenvalue weighted by Crippen LogP contribution is -2.16. The van der Waals surface area contributed by atoms with Crippen molar-refractivity contribution < 1.29 is 9.47 Å². The fraction of sp³-hybridized carbons (Fsp3) is 0.818. The highest BCUT2D eigenvalue weighted by Gasteiger charge is 2.05. The molecule has 0 amide bonds. The monoisotopic (exact) mass is 186 g/mol. The average molecular weight is 186 g/mol. The molecule has 2 nitrogen and oxygen atoms in total. The molecule has 0 N–H and O–H groups in total. The summed E-state index contributed by atoms with van der Waals surface area (Å²) in [5.41, 5.74) is 1.35. The molecule has 0 fully saturated rings.